The first-order valence-corrected chi connectivity index (χ1v) is 8.07. The lowest BCUT2D eigenvalue weighted by Gasteiger charge is -2.22. The quantitative estimate of drug-likeness (QED) is 0.793. The Morgan fingerprint density at radius 2 is 1.80 bits per heavy atom. The Morgan fingerprint density at radius 1 is 1.16 bits per heavy atom. The lowest BCUT2D eigenvalue weighted by molar-refractivity contribution is 0.0693. The molecule has 0 aliphatic carbocycles. The zero-order valence-electron chi connectivity index (χ0n) is 14.0. The van der Waals surface area contributed by atoms with Gasteiger partial charge in [-0.1, -0.05) is 12.1 Å². The summed E-state index contributed by atoms with van der Waals surface area (Å²) in [7, 11) is 1.44. The molecule has 1 saturated heterocycles. The molecule has 0 radical (unpaired) electrons. The van der Waals surface area contributed by atoms with Gasteiger partial charge in [-0.3, -0.25) is 0 Å². The predicted octanol–water partition coefficient (Wildman–Crippen LogP) is 3.39. The first-order chi connectivity index (χ1) is 12.0. The number of rotatable bonds is 3. The number of carbonyl (C=O) groups is 1. The third-order valence-electron chi connectivity index (χ3n) is 4.12. The summed E-state index contributed by atoms with van der Waals surface area (Å²) >= 11 is 0. The van der Waals surface area contributed by atoms with Gasteiger partial charge in [0, 0.05) is 6.07 Å². The fraction of sp³-hybridized carbons (Fsp3) is 0.316. The maximum absolute atomic E-state index is 12.6. The number of aromatic carboxylic acids is 1. The summed E-state index contributed by atoms with van der Waals surface area (Å²) in [6.07, 6.45) is 2.34. The van der Waals surface area contributed by atoms with Crippen LogP contribution in [0.5, 0.6) is 11.5 Å². The average Bonchev–Trinajstić information content (AvgIpc) is 2.63. The largest absolute Gasteiger partial charge is 0.507 e. The molecule has 1 aliphatic heterocycles. The van der Waals surface area contributed by atoms with Crippen LogP contribution in [0.1, 0.15) is 34.7 Å². The minimum atomic E-state index is -1.16. The number of hydrogen-bond donors (Lipinski definition) is 3. The van der Waals surface area contributed by atoms with Gasteiger partial charge >= 0.3 is 5.97 Å². The minimum Gasteiger partial charge on any atom is -0.507 e. The van der Waals surface area contributed by atoms with Crippen LogP contribution in [-0.4, -0.2) is 36.4 Å². The standard InChI is InChI=1S/C11H14FN.C8H8O4/c12-11-3-1-9(2-4-11)10-5-7-13-8-6-10;1-12-5-2-3-6(8(10)11)7(9)4-5/h1-4,10,13H,5-8H2;2-4,9H,1H3,(H,10,11). The summed E-state index contributed by atoms with van der Waals surface area (Å²) in [5, 5.41) is 21.0. The Kier molecular flexibility index (Phi) is 6.77. The average molecular weight is 347 g/mol. The van der Waals surface area contributed by atoms with Crippen LogP contribution in [0.15, 0.2) is 42.5 Å². The number of hydrogen-bond acceptors (Lipinski definition) is 4. The summed E-state index contributed by atoms with van der Waals surface area (Å²) in [6, 6.07) is 10.9. The second kappa shape index (κ2) is 9.03. The highest BCUT2D eigenvalue weighted by atomic mass is 19.1. The fourth-order valence-electron chi connectivity index (χ4n) is 2.71. The van der Waals surface area contributed by atoms with E-state index in [1.54, 1.807) is 12.1 Å². The van der Waals surface area contributed by atoms with E-state index < -0.39 is 5.97 Å². The van der Waals surface area contributed by atoms with Gasteiger partial charge in [0.2, 0.25) is 0 Å². The van der Waals surface area contributed by atoms with Gasteiger partial charge in [-0.05, 0) is 61.7 Å². The van der Waals surface area contributed by atoms with E-state index in [1.165, 1.54) is 43.7 Å². The first-order valence-electron chi connectivity index (χ1n) is 8.07. The number of methoxy groups -OCH3 is 1. The monoisotopic (exact) mass is 347 g/mol. The number of aromatic hydroxyl groups is 1. The Bertz CT molecular complexity index is 697. The van der Waals surface area contributed by atoms with Crippen molar-refractivity contribution in [3.05, 3.63) is 59.4 Å². The molecule has 3 N–H and O–H groups in total. The molecule has 134 valence electrons. The van der Waals surface area contributed by atoms with Crippen molar-refractivity contribution in [2.75, 3.05) is 20.2 Å². The van der Waals surface area contributed by atoms with Crippen molar-refractivity contribution in [1.82, 2.24) is 5.32 Å². The van der Waals surface area contributed by atoms with Gasteiger partial charge in [-0.15, -0.1) is 0 Å². The van der Waals surface area contributed by atoms with E-state index in [-0.39, 0.29) is 17.1 Å². The lowest BCUT2D eigenvalue weighted by Crippen LogP contribution is -2.26. The molecule has 5 nitrogen and oxygen atoms in total. The minimum absolute atomic E-state index is 0.129. The summed E-state index contributed by atoms with van der Waals surface area (Å²) < 4.78 is 17.4. The number of ether oxygens (including phenoxy) is 1. The van der Waals surface area contributed by atoms with Crippen LogP contribution in [0.4, 0.5) is 4.39 Å². The Hall–Kier alpha value is -2.60. The van der Waals surface area contributed by atoms with Crippen molar-refractivity contribution in [2.45, 2.75) is 18.8 Å². The van der Waals surface area contributed by atoms with Gasteiger partial charge in [0.05, 0.1) is 7.11 Å². The van der Waals surface area contributed by atoms with Crippen LogP contribution >= 0.6 is 0 Å². The van der Waals surface area contributed by atoms with Gasteiger partial charge in [-0.2, -0.15) is 0 Å². The summed E-state index contributed by atoms with van der Waals surface area (Å²) in [6.45, 7) is 2.17. The molecule has 2 aromatic carbocycles. The first kappa shape index (κ1) is 18.7. The van der Waals surface area contributed by atoms with Crippen molar-refractivity contribution in [3.63, 3.8) is 0 Å². The summed E-state index contributed by atoms with van der Waals surface area (Å²) in [4.78, 5) is 10.4. The van der Waals surface area contributed by atoms with Crippen LogP contribution in [0, 0.1) is 5.82 Å². The predicted molar refractivity (Wildman–Crippen MR) is 92.9 cm³/mol. The van der Waals surface area contributed by atoms with E-state index >= 15 is 0 Å². The number of halogens is 1. The molecule has 0 unspecified atom stereocenters. The molecule has 6 heteroatoms. The highest BCUT2D eigenvalue weighted by Crippen LogP contribution is 2.25. The molecule has 0 atom stereocenters. The maximum atomic E-state index is 12.6. The zero-order valence-corrected chi connectivity index (χ0v) is 14.0. The van der Waals surface area contributed by atoms with Crippen molar-refractivity contribution in [2.24, 2.45) is 0 Å². The fourth-order valence-corrected chi connectivity index (χ4v) is 2.71. The van der Waals surface area contributed by atoms with E-state index in [9.17, 15) is 9.18 Å². The molecule has 0 bridgehead atoms. The third kappa shape index (κ3) is 5.46. The Balaban J connectivity index is 0.000000181. The Morgan fingerprint density at radius 3 is 2.32 bits per heavy atom. The maximum Gasteiger partial charge on any atom is 0.339 e. The molecule has 0 aromatic heterocycles. The van der Waals surface area contributed by atoms with Gasteiger partial charge in [0.25, 0.3) is 0 Å². The molecular weight excluding hydrogens is 325 g/mol. The van der Waals surface area contributed by atoms with Gasteiger partial charge in [0.1, 0.15) is 22.9 Å². The van der Waals surface area contributed by atoms with Crippen LogP contribution in [-0.2, 0) is 0 Å². The number of piperidine rings is 1. The molecule has 0 saturated carbocycles. The smallest absolute Gasteiger partial charge is 0.339 e. The van der Waals surface area contributed by atoms with Crippen LogP contribution < -0.4 is 10.1 Å². The van der Waals surface area contributed by atoms with Gasteiger partial charge < -0.3 is 20.3 Å². The normalized spacial score (nSPS) is 14.3. The number of carboxylic acid groups (broad SMARTS) is 1. The second-order valence-corrected chi connectivity index (χ2v) is 5.76. The molecular formula is C19H22FNO4. The second-order valence-electron chi connectivity index (χ2n) is 5.76. The molecule has 2 aromatic rings. The molecule has 3 rings (SSSR count). The van der Waals surface area contributed by atoms with E-state index in [2.05, 4.69) is 5.32 Å². The van der Waals surface area contributed by atoms with E-state index in [0.717, 1.165) is 13.1 Å². The number of phenols is 1. The summed E-state index contributed by atoms with van der Waals surface area (Å²) in [5.74, 6) is -0.533. The molecule has 0 spiro atoms. The molecule has 25 heavy (non-hydrogen) atoms. The number of nitrogens with one attached hydrogen (secondary N) is 1. The van der Waals surface area contributed by atoms with E-state index in [0.29, 0.717) is 11.7 Å². The van der Waals surface area contributed by atoms with E-state index in [1.807, 2.05) is 12.1 Å². The van der Waals surface area contributed by atoms with Crippen molar-refractivity contribution in [3.8, 4) is 11.5 Å². The molecule has 1 heterocycles. The number of carboxylic acids is 1. The highest BCUT2D eigenvalue weighted by molar-refractivity contribution is 5.90. The van der Waals surface area contributed by atoms with Crippen molar-refractivity contribution < 1.29 is 24.1 Å². The molecule has 1 fully saturated rings. The third-order valence-corrected chi connectivity index (χ3v) is 4.12. The van der Waals surface area contributed by atoms with Crippen LogP contribution in [0.3, 0.4) is 0 Å². The lowest BCUT2D eigenvalue weighted by atomic mass is 9.90. The molecule has 0 amide bonds. The molecule has 1 aliphatic rings. The zero-order chi connectivity index (χ0) is 18.2. The topological polar surface area (TPSA) is 78.8 Å². The van der Waals surface area contributed by atoms with Crippen molar-refractivity contribution >= 4 is 5.97 Å². The Labute approximate surface area is 146 Å². The van der Waals surface area contributed by atoms with E-state index in [4.69, 9.17) is 14.9 Å². The highest BCUT2D eigenvalue weighted by Gasteiger charge is 2.14. The summed E-state index contributed by atoms with van der Waals surface area (Å²) in [5.41, 5.74) is 1.15. The van der Waals surface area contributed by atoms with Crippen LogP contribution in [0.25, 0.3) is 0 Å². The van der Waals surface area contributed by atoms with Crippen LogP contribution in [0.2, 0.25) is 0 Å². The van der Waals surface area contributed by atoms with Gasteiger partial charge in [0.15, 0.2) is 0 Å². The van der Waals surface area contributed by atoms with Gasteiger partial charge in [-0.25, -0.2) is 9.18 Å². The number of benzene rings is 2. The SMILES string of the molecule is COc1ccc(C(=O)O)c(O)c1.Fc1ccc(C2CCNCC2)cc1. The van der Waals surface area contributed by atoms with Crippen molar-refractivity contribution in [1.29, 1.82) is 0 Å².